The molecule has 31 heavy (non-hydrogen) atoms. The van der Waals surface area contributed by atoms with Gasteiger partial charge >= 0.3 is 0 Å². The zero-order valence-electron chi connectivity index (χ0n) is 18.6. The predicted molar refractivity (Wildman–Crippen MR) is 125 cm³/mol. The van der Waals surface area contributed by atoms with Crippen molar-refractivity contribution < 1.29 is 19.4 Å². The molecule has 0 radical (unpaired) electrons. The summed E-state index contributed by atoms with van der Waals surface area (Å²) in [6, 6.07) is 9.80. The number of carbonyl (C=O) groups is 1. The van der Waals surface area contributed by atoms with Gasteiger partial charge in [-0.25, -0.2) is 0 Å². The van der Waals surface area contributed by atoms with Gasteiger partial charge in [0, 0.05) is 43.5 Å². The number of phenolic OH excluding ortho intramolecular Hbond substituents is 1. The first kappa shape index (κ1) is 22.7. The van der Waals surface area contributed by atoms with Crippen LogP contribution in [0.1, 0.15) is 41.3 Å². The van der Waals surface area contributed by atoms with Gasteiger partial charge in [0.25, 0.3) is 0 Å². The Bertz CT molecular complexity index is 933. The van der Waals surface area contributed by atoms with Gasteiger partial charge in [-0.3, -0.25) is 4.79 Å². The van der Waals surface area contributed by atoms with Crippen molar-refractivity contribution in [3.63, 3.8) is 0 Å². The number of rotatable bonds is 9. The molecule has 0 amide bonds. The molecule has 1 saturated heterocycles. The summed E-state index contributed by atoms with van der Waals surface area (Å²) in [6.07, 6.45) is 5.76. The first-order valence-electron chi connectivity index (χ1n) is 10.8. The van der Waals surface area contributed by atoms with Crippen molar-refractivity contribution in [2.75, 3.05) is 45.3 Å². The standard InChI is InChI=1S/C25H32N2O4/c1-4-5-9-20-22(30-2)17-23(31-3)24(25(20)29)21(28)11-10-18-7-6-8-19(16-18)27-14-12-26-13-15-27/h6-8,10-11,16-17,26,29H,4-5,9,12-15H2,1-3H3/b11-10+. The predicted octanol–water partition coefficient (Wildman–Crippen LogP) is 4.06. The second-order valence-corrected chi connectivity index (χ2v) is 7.62. The van der Waals surface area contributed by atoms with Crippen LogP contribution in [0, 0.1) is 0 Å². The van der Waals surface area contributed by atoms with Gasteiger partial charge in [0.2, 0.25) is 0 Å². The minimum absolute atomic E-state index is 0.0612. The molecule has 3 rings (SSSR count). The maximum atomic E-state index is 13.0. The number of hydrogen-bond donors (Lipinski definition) is 2. The highest BCUT2D eigenvalue weighted by molar-refractivity contribution is 6.11. The number of allylic oxidation sites excluding steroid dienone is 1. The van der Waals surface area contributed by atoms with Crippen LogP contribution >= 0.6 is 0 Å². The third kappa shape index (κ3) is 5.39. The number of aromatic hydroxyl groups is 1. The van der Waals surface area contributed by atoms with Crippen LogP contribution < -0.4 is 19.7 Å². The lowest BCUT2D eigenvalue weighted by molar-refractivity contribution is 0.104. The molecule has 0 bridgehead atoms. The number of piperazine rings is 1. The Balaban J connectivity index is 1.88. The fourth-order valence-corrected chi connectivity index (χ4v) is 3.84. The van der Waals surface area contributed by atoms with Crippen molar-refractivity contribution in [3.05, 3.63) is 53.1 Å². The number of phenols is 1. The van der Waals surface area contributed by atoms with Crippen molar-refractivity contribution >= 4 is 17.5 Å². The smallest absolute Gasteiger partial charge is 0.193 e. The molecule has 6 nitrogen and oxygen atoms in total. The van der Waals surface area contributed by atoms with Crippen molar-refractivity contribution in [2.24, 2.45) is 0 Å². The fourth-order valence-electron chi connectivity index (χ4n) is 3.84. The molecule has 1 fully saturated rings. The van der Waals surface area contributed by atoms with Crippen LogP contribution in [-0.4, -0.2) is 51.3 Å². The summed E-state index contributed by atoms with van der Waals surface area (Å²) in [5.74, 6) is 0.474. The van der Waals surface area contributed by atoms with Crippen molar-refractivity contribution in [2.45, 2.75) is 26.2 Å². The van der Waals surface area contributed by atoms with E-state index in [0.29, 0.717) is 23.5 Å². The molecule has 2 N–H and O–H groups in total. The van der Waals surface area contributed by atoms with Crippen molar-refractivity contribution in [3.8, 4) is 17.2 Å². The van der Waals surface area contributed by atoms with E-state index in [2.05, 4.69) is 29.3 Å². The Labute approximate surface area is 184 Å². The summed E-state index contributed by atoms with van der Waals surface area (Å²) in [7, 11) is 3.04. The largest absolute Gasteiger partial charge is 0.507 e. The molecule has 0 aliphatic carbocycles. The normalized spacial score (nSPS) is 14.1. The number of nitrogens with one attached hydrogen (secondary N) is 1. The van der Waals surface area contributed by atoms with Crippen LogP contribution in [0.3, 0.4) is 0 Å². The number of benzene rings is 2. The van der Waals surface area contributed by atoms with Gasteiger partial charge in [-0.2, -0.15) is 0 Å². The maximum absolute atomic E-state index is 13.0. The van der Waals surface area contributed by atoms with Crippen LogP contribution in [0.15, 0.2) is 36.4 Å². The van der Waals surface area contributed by atoms with E-state index >= 15 is 0 Å². The summed E-state index contributed by atoms with van der Waals surface area (Å²) in [6.45, 7) is 5.94. The van der Waals surface area contributed by atoms with Crippen LogP contribution in [-0.2, 0) is 6.42 Å². The molecule has 0 atom stereocenters. The molecule has 0 aromatic heterocycles. The van der Waals surface area contributed by atoms with Gasteiger partial charge in [0.05, 0.1) is 14.2 Å². The Hall–Kier alpha value is -2.99. The number of ether oxygens (including phenoxy) is 2. The Kier molecular flexibility index (Phi) is 7.95. The Morgan fingerprint density at radius 3 is 2.58 bits per heavy atom. The van der Waals surface area contributed by atoms with E-state index in [0.717, 1.165) is 50.3 Å². The SMILES string of the molecule is CCCCc1c(OC)cc(OC)c(C(=O)/C=C/c2cccc(N3CCNCC3)c2)c1O. The Morgan fingerprint density at radius 1 is 1.16 bits per heavy atom. The quantitative estimate of drug-likeness (QED) is 0.467. The van der Waals surface area contributed by atoms with Gasteiger partial charge < -0.3 is 24.8 Å². The number of methoxy groups -OCH3 is 2. The average molecular weight is 425 g/mol. The summed E-state index contributed by atoms with van der Waals surface area (Å²) >= 11 is 0. The zero-order chi connectivity index (χ0) is 22.2. The minimum atomic E-state index is -0.303. The van der Waals surface area contributed by atoms with Gasteiger partial charge in [-0.05, 0) is 36.6 Å². The molecule has 166 valence electrons. The molecule has 6 heteroatoms. The van der Waals surface area contributed by atoms with E-state index in [1.165, 1.54) is 13.2 Å². The molecule has 1 aliphatic rings. The number of nitrogens with zero attached hydrogens (tertiary/aromatic N) is 1. The van der Waals surface area contributed by atoms with E-state index in [4.69, 9.17) is 9.47 Å². The third-order valence-corrected chi connectivity index (χ3v) is 5.57. The Morgan fingerprint density at radius 2 is 1.90 bits per heavy atom. The van der Waals surface area contributed by atoms with Crippen molar-refractivity contribution in [1.29, 1.82) is 0 Å². The summed E-state index contributed by atoms with van der Waals surface area (Å²) in [4.78, 5) is 15.4. The third-order valence-electron chi connectivity index (χ3n) is 5.57. The lowest BCUT2D eigenvalue weighted by atomic mass is 9.98. The lowest BCUT2D eigenvalue weighted by Crippen LogP contribution is -2.43. The van der Waals surface area contributed by atoms with Crippen LogP contribution in [0.4, 0.5) is 5.69 Å². The molecule has 1 aliphatic heterocycles. The number of anilines is 1. The maximum Gasteiger partial charge on any atom is 0.193 e. The van der Waals surface area contributed by atoms with Gasteiger partial charge in [-0.15, -0.1) is 0 Å². The lowest BCUT2D eigenvalue weighted by Gasteiger charge is -2.29. The minimum Gasteiger partial charge on any atom is -0.507 e. The zero-order valence-corrected chi connectivity index (χ0v) is 18.6. The molecular formula is C25H32N2O4. The molecular weight excluding hydrogens is 392 g/mol. The van der Waals surface area contributed by atoms with Gasteiger partial charge in [0.15, 0.2) is 5.78 Å². The summed E-state index contributed by atoms with van der Waals surface area (Å²) in [5, 5.41) is 14.2. The van der Waals surface area contributed by atoms with Gasteiger partial charge in [-0.1, -0.05) is 31.6 Å². The first-order valence-corrected chi connectivity index (χ1v) is 10.8. The van der Waals surface area contributed by atoms with Crippen LogP contribution in [0.25, 0.3) is 6.08 Å². The number of carbonyl (C=O) groups excluding carboxylic acids is 1. The van der Waals surface area contributed by atoms with E-state index in [9.17, 15) is 9.90 Å². The molecule has 1 heterocycles. The fraction of sp³-hybridized carbons (Fsp3) is 0.400. The highest BCUT2D eigenvalue weighted by atomic mass is 16.5. The highest BCUT2D eigenvalue weighted by Gasteiger charge is 2.22. The number of hydrogen-bond acceptors (Lipinski definition) is 6. The second kappa shape index (κ2) is 10.9. The summed E-state index contributed by atoms with van der Waals surface area (Å²) in [5.41, 5.74) is 2.89. The molecule has 0 saturated carbocycles. The number of unbranched alkanes of at least 4 members (excludes halogenated alkanes) is 1. The van der Waals surface area contributed by atoms with Crippen LogP contribution in [0.2, 0.25) is 0 Å². The molecule has 2 aromatic rings. The van der Waals surface area contributed by atoms with Crippen LogP contribution in [0.5, 0.6) is 17.2 Å². The van der Waals surface area contributed by atoms with Crippen molar-refractivity contribution in [1.82, 2.24) is 5.32 Å². The second-order valence-electron chi connectivity index (χ2n) is 7.62. The topological polar surface area (TPSA) is 71.0 Å². The average Bonchev–Trinajstić information content (AvgIpc) is 2.82. The van der Waals surface area contributed by atoms with E-state index < -0.39 is 0 Å². The monoisotopic (exact) mass is 424 g/mol. The van der Waals surface area contributed by atoms with Gasteiger partial charge in [0.1, 0.15) is 22.8 Å². The first-order chi connectivity index (χ1) is 15.1. The summed E-state index contributed by atoms with van der Waals surface area (Å²) < 4.78 is 10.8. The van der Waals surface area contributed by atoms with E-state index in [1.807, 2.05) is 12.1 Å². The highest BCUT2D eigenvalue weighted by Crippen LogP contribution is 2.40. The molecule has 0 spiro atoms. The van der Waals surface area contributed by atoms with E-state index in [-0.39, 0.29) is 17.1 Å². The molecule has 2 aromatic carbocycles. The molecule has 0 unspecified atom stereocenters. The number of ketones is 1. The van der Waals surface area contributed by atoms with E-state index in [1.54, 1.807) is 19.3 Å².